The van der Waals surface area contributed by atoms with Crippen molar-refractivity contribution in [1.29, 1.82) is 0 Å². The molecular weight excluding hydrogens is 330 g/mol. The Bertz CT molecular complexity index is 596. The summed E-state index contributed by atoms with van der Waals surface area (Å²) in [5.41, 5.74) is 1.05. The molecule has 142 valence electrons. The second kappa shape index (κ2) is 9.12. The Labute approximate surface area is 155 Å². The van der Waals surface area contributed by atoms with E-state index >= 15 is 0 Å². The molecule has 1 aliphatic carbocycles. The lowest BCUT2D eigenvalue weighted by Crippen LogP contribution is -2.47. The number of nitrogens with zero attached hydrogens (tertiary/aromatic N) is 3. The zero-order valence-electron chi connectivity index (χ0n) is 15.3. The summed E-state index contributed by atoms with van der Waals surface area (Å²) >= 11 is 0. The minimum absolute atomic E-state index is 0.0269. The largest absolute Gasteiger partial charge is 0.396 e. The van der Waals surface area contributed by atoms with Crippen molar-refractivity contribution < 1.29 is 14.7 Å². The molecule has 26 heavy (non-hydrogen) atoms. The molecule has 0 bridgehead atoms. The van der Waals surface area contributed by atoms with Crippen molar-refractivity contribution in [2.24, 2.45) is 11.8 Å². The standard InChI is InChI=1S/C20H29N3O3/c24-14-2-11-23(15-16-5-9-21-10-6-16)20(26)18-7-12-22(13-8-18)19(25)17-3-1-4-17/h5-6,9-10,17-18,24H,1-4,7-8,11-15H2. The van der Waals surface area contributed by atoms with E-state index in [1.807, 2.05) is 21.9 Å². The SMILES string of the molecule is O=C(C1CCC1)N1CCC(C(=O)N(CCCO)Cc2ccncc2)CC1. The molecule has 2 fully saturated rings. The first-order valence-corrected chi connectivity index (χ1v) is 9.76. The monoisotopic (exact) mass is 359 g/mol. The molecule has 1 saturated heterocycles. The summed E-state index contributed by atoms with van der Waals surface area (Å²) in [5.74, 6) is 0.637. The first-order valence-electron chi connectivity index (χ1n) is 9.76. The van der Waals surface area contributed by atoms with E-state index in [1.165, 1.54) is 6.42 Å². The molecule has 1 aliphatic heterocycles. The van der Waals surface area contributed by atoms with E-state index in [4.69, 9.17) is 5.11 Å². The maximum atomic E-state index is 13.0. The van der Waals surface area contributed by atoms with Crippen molar-refractivity contribution in [3.8, 4) is 0 Å². The number of piperidine rings is 1. The molecular formula is C20H29N3O3. The van der Waals surface area contributed by atoms with E-state index in [9.17, 15) is 9.59 Å². The predicted octanol–water partition coefficient (Wildman–Crippen LogP) is 1.83. The average Bonchev–Trinajstić information content (AvgIpc) is 2.64. The number of likely N-dealkylation sites (tertiary alicyclic amines) is 1. The maximum Gasteiger partial charge on any atom is 0.226 e. The van der Waals surface area contributed by atoms with Gasteiger partial charge in [-0.1, -0.05) is 6.42 Å². The molecule has 2 heterocycles. The molecule has 0 spiro atoms. The minimum Gasteiger partial charge on any atom is -0.396 e. The molecule has 0 radical (unpaired) electrons. The number of aromatic nitrogens is 1. The Morgan fingerprint density at radius 1 is 1.12 bits per heavy atom. The fourth-order valence-corrected chi connectivity index (χ4v) is 3.76. The van der Waals surface area contributed by atoms with E-state index in [1.54, 1.807) is 12.4 Å². The van der Waals surface area contributed by atoms with Crippen molar-refractivity contribution in [3.05, 3.63) is 30.1 Å². The number of hydrogen-bond acceptors (Lipinski definition) is 4. The van der Waals surface area contributed by atoms with E-state index in [0.29, 0.717) is 32.6 Å². The molecule has 1 aromatic rings. The fourth-order valence-electron chi connectivity index (χ4n) is 3.76. The van der Waals surface area contributed by atoms with Crippen LogP contribution >= 0.6 is 0 Å². The van der Waals surface area contributed by atoms with Gasteiger partial charge in [0, 0.05) is 57.0 Å². The van der Waals surface area contributed by atoms with Gasteiger partial charge in [-0.05, 0) is 49.8 Å². The first kappa shape index (κ1) is 18.8. The minimum atomic E-state index is -0.0269. The van der Waals surface area contributed by atoms with Crippen LogP contribution < -0.4 is 0 Å². The van der Waals surface area contributed by atoms with Gasteiger partial charge < -0.3 is 14.9 Å². The summed E-state index contributed by atoms with van der Waals surface area (Å²) < 4.78 is 0. The third-order valence-electron chi connectivity index (χ3n) is 5.63. The van der Waals surface area contributed by atoms with Gasteiger partial charge in [0.05, 0.1) is 0 Å². The number of carbonyl (C=O) groups is 2. The van der Waals surface area contributed by atoms with Crippen molar-refractivity contribution in [3.63, 3.8) is 0 Å². The van der Waals surface area contributed by atoms with E-state index in [-0.39, 0.29) is 30.3 Å². The second-order valence-electron chi connectivity index (χ2n) is 7.42. The number of aliphatic hydroxyl groups excluding tert-OH is 1. The Hall–Kier alpha value is -1.95. The average molecular weight is 359 g/mol. The lowest BCUT2D eigenvalue weighted by molar-refractivity contribution is -0.144. The number of pyridine rings is 1. The molecule has 1 saturated carbocycles. The van der Waals surface area contributed by atoms with Crippen molar-refractivity contribution in [2.75, 3.05) is 26.2 Å². The normalized spacial score (nSPS) is 18.4. The van der Waals surface area contributed by atoms with Crippen LogP contribution in [0.15, 0.2) is 24.5 Å². The van der Waals surface area contributed by atoms with Gasteiger partial charge in [-0.15, -0.1) is 0 Å². The molecule has 6 nitrogen and oxygen atoms in total. The summed E-state index contributed by atoms with van der Waals surface area (Å²) in [5, 5.41) is 9.16. The topological polar surface area (TPSA) is 73.7 Å². The van der Waals surface area contributed by atoms with Gasteiger partial charge in [-0.2, -0.15) is 0 Å². The number of aliphatic hydroxyl groups is 1. The number of hydrogen-bond donors (Lipinski definition) is 1. The molecule has 6 heteroatoms. The summed E-state index contributed by atoms with van der Waals surface area (Å²) in [6, 6.07) is 3.83. The number of carbonyl (C=O) groups excluding carboxylic acids is 2. The third-order valence-corrected chi connectivity index (χ3v) is 5.63. The molecule has 2 amide bonds. The number of rotatable bonds is 7. The predicted molar refractivity (Wildman–Crippen MR) is 98.0 cm³/mol. The van der Waals surface area contributed by atoms with Crippen LogP contribution in [0.25, 0.3) is 0 Å². The highest BCUT2D eigenvalue weighted by Gasteiger charge is 2.34. The maximum absolute atomic E-state index is 13.0. The third kappa shape index (κ3) is 4.61. The molecule has 0 aromatic carbocycles. The molecule has 0 atom stereocenters. The van der Waals surface area contributed by atoms with Gasteiger partial charge in [0.1, 0.15) is 0 Å². The molecule has 0 unspecified atom stereocenters. The lowest BCUT2D eigenvalue weighted by Gasteiger charge is -2.37. The van der Waals surface area contributed by atoms with Crippen LogP contribution in [0, 0.1) is 11.8 Å². The molecule has 1 aromatic heterocycles. The van der Waals surface area contributed by atoms with Crippen LogP contribution in [0.5, 0.6) is 0 Å². The summed E-state index contributed by atoms with van der Waals surface area (Å²) in [7, 11) is 0. The Morgan fingerprint density at radius 3 is 2.38 bits per heavy atom. The van der Waals surface area contributed by atoms with Gasteiger partial charge in [0.25, 0.3) is 0 Å². The highest BCUT2D eigenvalue weighted by Crippen LogP contribution is 2.30. The zero-order valence-corrected chi connectivity index (χ0v) is 15.3. The first-order chi connectivity index (χ1) is 12.7. The van der Waals surface area contributed by atoms with Crippen LogP contribution in [-0.4, -0.2) is 57.9 Å². The fraction of sp³-hybridized carbons (Fsp3) is 0.650. The van der Waals surface area contributed by atoms with Gasteiger partial charge >= 0.3 is 0 Å². The summed E-state index contributed by atoms with van der Waals surface area (Å²) in [4.78, 5) is 33.2. The lowest BCUT2D eigenvalue weighted by atomic mass is 9.83. The van der Waals surface area contributed by atoms with E-state index in [0.717, 1.165) is 31.2 Å². The smallest absolute Gasteiger partial charge is 0.226 e. The van der Waals surface area contributed by atoms with E-state index in [2.05, 4.69) is 4.98 Å². The molecule has 3 rings (SSSR count). The van der Waals surface area contributed by atoms with Crippen molar-refractivity contribution in [1.82, 2.24) is 14.8 Å². The Balaban J connectivity index is 1.55. The zero-order chi connectivity index (χ0) is 18.4. The van der Waals surface area contributed by atoms with Crippen LogP contribution in [0.2, 0.25) is 0 Å². The van der Waals surface area contributed by atoms with Gasteiger partial charge in [-0.3, -0.25) is 14.6 Å². The van der Waals surface area contributed by atoms with Crippen molar-refractivity contribution in [2.45, 2.75) is 45.1 Å². The number of amides is 2. The molecule has 2 aliphatic rings. The molecule has 1 N–H and O–H groups in total. The van der Waals surface area contributed by atoms with E-state index < -0.39 is 0 Å². The highest BCUT2D eigenvalue weighted by molar-refractivity contribution is 5.81. The van der Waals surface area contributed by atoms with Crippen LogP contribution in [0.4, 0.5) is 0 Å². The van der Waals surface area contributed by atoms with Crippen LogP contribution in [0.1, 0.15) is 44.1 Å². The van der Waals surface area contributed by atoms with Gasteiger partial charge in [0.15, 0.2) is 0 Å². The van der Waals surface area contributed by atoms with Crippen LogP contribution in [-0.2, 0) is 16.1 Å². The quantitative estimate of drug-likeness (QED) is 0.806. The summed E-state index contributed by atoms with van der Waals surface area (Å²) in [6.07, 6.45) is 8.74. The van der Waals surface area contributed by atoms with Crippen molar-refractivity contribution >= 4 is 11.8 Å². The second-order valence-corrected chi connectivity index (χ2v) is 7.42. The Kier molecular flexibility index (Phi) is 6.61. The highest BCUT2D eigenvalue weighted by atomic mass is 16.3. The van der Waals surface area contributed by atoms with Gasteiger partial charge in [0.2, 0.25) is 11.8 Å². The summed E-state index contributed by atoms with van der Waals surface area (Å²) in [6.45, 7) is 2.56. The Morgan fingerprint density at radius 2 is 1.81 bits per heavy atom. The van der Waals surface area contributed by atoms with Gasteiger partial charge in [-0.25, -0.2) is 0 Å². The van der Waals surface area contributed by atoms with Crippen LogP contribution in [0.3, 0.4) is 0 Å².